The molecule has 0 saturated carbocycles. The van der Waals surface area contributed by atoms with Gasteiger partial charge in [0.2, 0.25) is 0 Å². The summed E-state index contributed by atoms with van der Waals surface area (Å²) >= 11 is 0. The molecule has 98 valence electrons. The molecule has 0 aromatic carbocycles. The summed E-state index contributed by atoms with van der Waals surface area (Å²) in [6.07, 6.45) is 1.37. The third-order valence-electron chi connectivity index (χ3n) is 2.63. The molecule has 3 N–H and O–H groups in total. The van der Waals surface area contributed by atoms with Gasteiger partial charge in [0.25, 0.3) is 5.91 Å². The minimum Gasteiger partial charge on any atom is -0.467 e. The number of nitriles is 1. The largest absolute Gasteiger partial charge is 0.467 e. The van der Waals surface area contributed by atoms with E-state index in [0.29, 0.717) is 24.4 Å². The number of carbonyl (C=O) groups is 1. The minimum absolute atomic E-state index is 0.0354. The zero-order valence-corrected chi connectivity index (χ0v) is 10.6. The molecule has 1 aromatic rings. The molecule has 18 heavy (non-hydrogen) atoms. The maximum absolute atomic E-state index is 11.3. The third-order valence-corrected chi connectivity index (χ3v) is 2.63. The molecule has 1 rings (SSSR count). The second kappa shape index (κ2) is 6.79. The van der Waals surface area contributed by atoms with E-state index in [4.69, 9.17) is 15.5 Å². The van der Waals surface area contributed by atoms with Gasteiger partial charge in [0.05, 0.1) is 24.1 Å². The number of rotatable bonds is 6. The van der Waals surface area contributed by atoms with Gasteiger partial charge in [0, 0.05) is 6.54 Å². The number of carbonyl (C=O) groups excluding carboxylic acids is 1. The van der Waals surface area contributed by atoms with E-state index in [9.17, 15) is 4.79 Å². The summed E-state index contributed by atoms with van der Waals surface area (Å²) < 4.78 is 5.29. The smallest absolute Gasteiger partial charge is 0.268 e. The average Bonchev–Trinajstić information content (AvgIpc) is 2.85. The minimum atomic E-state index is -0.376. The van der Waals surface area contributed by atoms with Gasteiger partial charge >= 0.3 is 0 Å². The summed E-state index contributed by atoms with van der Waals surface area (Å²) in [5.74, 6) is 5.31. The summed E-state index contributed by atoms with van der Waals surface area (Å²) in [6.45, 7) is 5.94. The molecule has 6 heteroatoms. The number of hydrogen-bond donors (Lipinski definition) is 2. The van der Waals surface area contributed by atoms with Crippen LogP contribution in [0.25, 0.3) is 0 Å². The van der Waals surface area contributed by atoms with Gasteiger partial charge in [-0.05, 0) is 19.5 Å². The molecule has 0 aliphatic rings. The molecular formula is C12H18N4O2. The molecule has 0 aliphatic heterocycles. The fourth-order valence-electron chi connectivity index (χ4n) is 1.62. The van der Waals surface area contributed by atoms with Crippen LogP contribution in [0.4, 0.5) is 0 Å². The number of hydrazine groups is 1. The Hall–Kier alpha value is -1.84. The number of amides is 1. The van der Waals surface area contributed by atoms with E-state index in [1.807, 2.05) is 19.3 Å². The zero-order chi connectivity index (χ0) is 13.5. The van der Waals surface area contributed by atoms with Crippen molar-refractivity contribution in [1.82, 2.24) is 10.3 Å². The van der Waals surface area contributed by atoms with Gasteiger partial charge < -0.3 is 4.42 Å². The van der Waals surface area contributed by atoms with Crippen molar-refractivity contribution in [2.45, 2.75) is 20.4 Å². The van der Waals surface area contributed by atoms with Crippen LogP contribution in [0.15, 0.2) is 16.7 Å². The molecule has 1 atom stereocenters. The van der Waals surface area contributed by atoms with Gasteiger partial charge in [0.15, 0.2) is 0 Å². The maximum Gasteiger partial charge on any atom is 0.268 e. The van der Waals surface area contributed by atoms with Crippen LogP contribution in [0.2, 0.25) is 0 Å². The van der Waals surface area contributed by atoms with Crippen molar-refractivity contribution in [2.75, 3.05) is 13.1 Å². The van der Waals surface area contributed by atoms with E-state index in [0.717, 1.165) is 6.54 Å². The molecule has 1 heterocycles. The van der Waals surface area contributed by atoms with Crippen molar-refractivity contribution in [2.24, 2.45) is 11.8 Å². The van der Waals surface area contributed by atoms with Gasteiger partial charge in [0.1, 0.15) is 12.0 Å². The number of hydrogen-bond acceptors (Lipinski definition) is 5. The molecule has 1 aromatic heterocycles. The van der Waals surface area contributed by atoms with Gasteiger partial charge in [-0.15, -0.1) is 0 Å². The molecule has 0 radical (unpaired) electrons. The number of nitrogens with one attached hydrogen (secondary N) is 1. The topological polar surface area (TPSA) is 95.3 Å². The number of furan rings is 1. The third kappa shape index (κ3) is 3.87. The Morgan fingerprint density at radius 3 is 3.00 bits per heavy atom. The lowest BCUT2D eigenvalue weighted by molar-refractivity contribution is 0.0953. The number of nitrogens with zero attached hydrogens (tertiary/aromatic N) is 2. The van der Waals surface area contributed by atoms with E-state index in [2.05, 4.69) is 11.0 Å². The molecule has 6 nitrogen and oxygen atoms in total. The van der Waals surface area contributed by atoms with Crippen molar-refractivity contribution in [3.05, 3.63) is 23.7 Å². The second-order valence-electron chi connectivity index (χ2n) is 4.13. The molecule has 0 saturated heterocycles. The first-order valence-corrected chi connectivity index (χ1v) is 5.81. The second-order valence-corrected chi connectivity index (χ2v) is 4.13. The molecule has 0 bridgehead atoms. The highest BCUT2D eigenvalue weighted by atomic mass is 16.3. The highest BCUT2D eigenvalue weighted by Crippen LogP contribution is 2.11. The summed E-state index contributed by atoms with van der Waals surface area (Å²) in [7, 11) is 0. The van der Waals surface area contributed by atoms with Crippen molar-refractivity contribution in [3.8, 4) is 6.07 Å². The fraction of sp³-hybridized carbons (Fsp3) is 0.500. The van der Waals surface area contributed by atoms with E-state index >= 15 is 0 Å². The Balaban J connectivity index is 2.62. The van der Waals surface area contributed by atoms with Crippen LogP contribution in [0.3, 0.4) is 0 Å². The zero-order valence-electron chi connectivity index (χ0n) is 10.6. The monoisotopic (exact) mass is 250 g/mol. The predicted molar refractivity (Wildman–Crippen MR) is 66.1 cm³/mol. The van der Waals surface area contributed by atoms with Crippen molar-refractivity contribution in [1.29, 1.82) is 5.26 Å². The number of nitrogen functional groups attached to an aromatic ring is 1. The van der Waals surface area contributed by atoms with Crippen molar-refractivity contribution < 1.29 is 9.21 Å². The van der Waals surface area contributed by atoms with Gasteiger partial charge in [-0.1, -0.05) is 6.92 Å². The molecular weight excluding hydrogens is 232 g/mol. The van der Waals surface area contributed by atoms with Gasteiger partial charge in [-0.2, -0.15) is 5.26 Å². The van der Waals surface area contributed by atoms with Crippen LogP contribution in [0.5, 0.6) is 0 Å². The lowest BCUT2D eigenvalue weighted by Crippen LogP contribution is -2.29. The Labute approximate surface area is 106 Å². The molecule has 1 unspecified atom stereocenters. The van der Waals surface area contributed by atoms with Crippen LogP contribution in [0.1, 0.15) is 30.0 Å². The first kappa shape index (κ1) is 14.2. The van der Waals surface area contributed by atoms with E-state index in [1.165, 1.54) is 6.26 Å². The van der Waals surface area contributed by atoms with E-state index < -0.39 is 0 Å². The van der Waals surface area contributed by atoms with Crippen LogP contribution in [-0.2, 0) is 6.54 Å². The highest BCUT2D eigenvalue weighted by Gasteiger charge is 2.13. The van der Waals surface area contributed by atoms with Crippen LogP contribution in [0, 0.1) is 17.2 Å². The Morgan fingerprint density at radius 1 is 1.72 bits per heavy atom. The normalized spacial score (nSPS) is 12.2. The quantitative estimate of drug-likeness (QED) is 0.443. The van der Waals surface area contributed by atoms with Crippen LogP contribution < -0.4 is 11.3 Å². The van der Waals surface area contributed by atoms with Gasteiger partial charge in [-0.3, -0.25) is 15.1 Å². The fourth-order valence-corrected chi connectivity index (χ4v) is 1.62. The first-order valence-electron chi connectivity index (χ1n) is 5.81. The first-order chi connectivity index (χ1) is 8.60. The molecule has 0 spiro atoms. The molecule has 0 aliphatic carbocycles. The van der Waals surface area contributed by atoms with Crippen molar-refractivity contribution in [3.63, 3.8) is 0 Å². The van der Waals surface area contributed by atoms with Gasteiger partial charge in [-0.25, -0.2) is 5.84 Å². The lowest BCUT2D eigenvalue weighted by Gasteiger charge is -2.19. The molecule has 1 amide bonds. The van der Waals surface area contributed by atoms with Crippen LogP contribution >= 0.6 is 0 Å². The summed E-state index contributed by atoms with van der Waals surface area (Å²) in [5, 5.41) is 8.79. The van der Waals surface area contributed by atoms with E-state index in [-0.39, 0.29) is 11.8 Å². The Bertz CT molecular complexity index is 436. The predicted octanol–water partition coefficient (Wildman–Crippen LogP) is 0.865. The lowest BCUT2D eigenvalue weighted by atomic mass is 10.2. The summed E-state index contributed by atoms with van der Waals surface area (Å²) in [5.41, 5.74) is 2.45. The van der Waals surface area contributed by atoms with Crippen LogP contribution in [-0.4, -0.2) is 23.9 Å². The standard InChI is InChI=1S/C12H18N4O2/c1-3-16(6-9(2)5-13)7-11-4-10(8-18-11)12(17)15-14/h4,8-9H,3,6-7,14H2,1-2H3,(H,15,17). The van der Waals surface area contributed by atoms with E-state index in [1.54, 1.807) is 6.07 Å². The number of nitrogens with two attached hydrogens (primary N) is 1. The summed E-state index contributed by atoms with van der Waals surface area (Å²) in [4.78, 5) is 13.3. The highest BCUT2D eigenvalue weighted by molar-refractivity contribution is 5.93. The summed E-state index contributed by atoms with van der Waals surface area (Å²) in [6, 6.07) is 3.85. The average molecular weight is 250 g/mol. The van der Waals surface area contributed by atoms with Crippen molar-refractivity contribution >= 4 is 5.91 Å². The maximum atomic E-state index is 11.3. The Kier molecular flexibility index (Phi) is 5.36. The Morgan fingerprint density at radius 2 is 2.44 bits per heavy atom. The SMILES string of the molecule is CCN(Cc1cc(C(=O)NN)co1)CC(C)C#N. The molecule has 0 fully saturated rings.